The quantitative estimate of drug-likeness (QED) is 0.612. The lowest BCUT2D eigenvalue weighted by Crippen LogP contribution is -2.19. The summed E-state index contributed by atoms with van der Waals surface area (Å²) in [5, 5.41) is 11.3. The van der Waals surface area contributed by atoms with Gasteiger partial charge in [0.25, 0.3) is 5.69 Å². The fraction of sp³-hybridized carbons (Fsp3) is 0.538. The van der Waals surface area contributed by atoms with E-state index >= 15 is 0 Å². The standard InChI is InChI=1S/C13H21N3O2/c1-8-9(2)13(16(17)18)12(15(6)7)10(3)11(8)14(4)5/h1-7H3. The van der Waals surface area contributed by atoms with Crippen molar-refractivity contribution in [3.63, 3.8) is 0 Å². The Morgan fingerprint density at radius 3 is 1.61 bits per heavy atom. The molecule has 18 heavy (non-hydrogen) atoms. The zero-order valence-electron chi connectivity index (χ0n) is 12.2. The summed E-state index contributed by atoms with van der Waals surface area (Å²) in [6.07, 6.45) is 0. The predicted octanol–water partition coefficient (Wildman–Crippen LogP) is 2.65. The first-order valence-electron chi connectivity index (χ1n) is 5.82. The highest BCUT2D eigenvalue weighted by Crippen LogP contribution is 2.42. The number of hydrogen-bond acceptors (Lipinski definition) is 4. The Kier molecular flexibility index (Phi) is 3.84. The molecule has 0 unspecified atom stereocenters. The summed E-state index contributed by atoms with van der Waals surface area (Å²) in [5.74, 6) is 0. The van der Waals surface area contributed by atoms with Crippen molar-refractivity contribution < 1.29 is 4.92 Å². The van der Waals surface area contributed by atoms with Gasteiger partial charge in [-0.2, -0.15) is 0 Å². The molecule has 0 atom stereocenters. The van der Waals surface area contributed by atoms with Gasteiger partial charge in [-0.05, 0) is 26.3 Å². The normalized spacial score (nSPS) is 10.4. The summed E-state index contributed by atoms with van der Waals surface area (Å²) in [6, 6.07) is 0. The molecule has 0 bridgehead atoms. The summed E-state index contributed by atoms with van der Waals surface area (Å²) in [4.78, 5) is 14.8. The van der Waals surface area contributed by atoms with E-state index in [9.17, 15) is 10.1 Å². The summed E-state index contributed by atoms with van der Waals surface area (Å²) in [7, 11) is 7.59. The van der Waals surface area contributed by atoms with Crippen LogP contribution in [0, 0.1) is 30.9 Å². The highest BCUT2D eigenvalue weighted by Gasteiger charge is 2.27. The molecule has 0 saturated heterocycles. The second kappa shape index (κ2) is 4.84. The van der Waals surface area contributed by atoms with Crippen molar-refractivity contribution in [1.29, 1.82) is 0 Å². The van der Waals surface area contributed by atoms with Gasteiger partial charge in [-0.3, -0.25) is 10.1 Å². The lowest BCUT2D eigenvalue weighted by molar-refractivity contribution is -0.384. The lowest BCUT2D eigenvalue weighted by atomic mass is 9.98. The van der Waals surface area contributed by atoms with E-state index < -0.39 is 0 Å². The zero-order valence-corrected chi connectivity index (χ0v) is 12.2. The highest BCUT2D eigenvalue weighted by molar-refractivity contribution is 5.81. The first kappa shape index (κ1) is 14.3. The van der Waals surface area contributed by atoms with Gasteiger partial charge in [-0.1, -0.05) is 0 Å². The molecule has 0 aliphatic carbocycles. The molecule has 1 aromatic carbocycles. The van der Waals surface area contributed by atoms with E-state index in [1.165, 1.54) is 0 Å². The number of nitro benzene ring substituents is 1. The Bertz CT molecular complexity index is 494. The van der Waals surface area contributed by atoms with Crippen molar-refractivity contribution in [2.24, 2.45) is 0 Å². The van der Waals surface area contributed by atoms with Crippen LogP contribution in [-0.2, 0) is 0 Å². The molecule has 0 aliphatic rings. The first-order valence-corrected chi connectivity index (χ1v) is 5.82. The van der Waals surface area contributed by atoms with Gasteiger partial charge in [-0.15, -0.1) is 0 Å². The third-order valence-electron chi connectivity index (χ3n) is 3.28. The highest BCUT2D eigenvalue weighted by atomic mass is 16.6. The molecule has 0 fully saturated rings. The monoisotopic (exact) mass is 251 g/mol. The van der Waals surface area contributed by atoms with Gasteiger partial charge in [-0.25, -0.2) is 0 Å². The molecule has 0 aromatic heterocycles. The Hall–Kier alpha value is -1.78. The van der Waals surface area contributed by atoms with Crippen molar-refractivity contribution in [1.82, 2.24) is 0 Å². The van der Waals surface area contributed by atoms with E-state index in [0.717, 1.165) is 22.4 Å². The molecule has 100 valence electrons. The zero-order chi connectivity index (χ0) is 14.2. The Labute approximate surface area is 108 Å². The SMILES string of the molecule is Cc1c(C)c([N+](=O)[O-])c(N(C)C)c(C)c1N(C)C. The third kappa shape index (κ3) is 2.12. The molecule has 0 spiro atoms. The van der Waals surface area contributed by atoms with Crippen molar-refractivity contribution in [3.05, 3.63) is 26.8 Å². The van der Waals surface area contributed by atoms with Crippen LogP contribution in [0.3, 0.4) is 0 Å². The molecule has 0 aliphatic heterocycles. The van der Waals surface area contributed by atoms with Crippen LogP contribution < -0.4 is 9.80 Å². The summed E-state index contributed by atoms with van der Waals surface area (Å²) >= 11 is 0. The maximum Gasteiger partial charge on any atom is 0.296 e. The van der Waals surface area contributed by atoms with Crippen LogP contribution in [0.1, 0.15) is 16.7 Å². The second-order valence-corrected chi connectivity index (χ2v) is 4.97. The molecule has 0 radical (unpaired) electrons. The van der Waals surface area contributed by atoms with Crippen LogP contribution in [-0.4, -0.2) is 33.1 Å². The summed E-state index contributed by atoms with van der Waals surface area (Å²) in [5.41, 5.74) is 4.60. The smallest absolute Gasteiger partial charge is 0.296 e. The lowest BCUT2D eigenvalue weighted by Gasteiger charge is -2.25. The average molecular weight is 251 g/mol. The minimum Gasteiger partial charge on any atom is -0.377 e. The van der Waals surface area contributed by atoms with Crippen LogP contribution in [0.2, 0.25) is 0 Å². The number of nitro groups is 1. The van der Waals surface area contributed by atoms with Gasteiger partial charge in [0, 0.05) is 45.0 Å². The summed E-state index contributed by atoms with van der Waals surface area (Å²) in [6.45, 7) is 5.68. The maximum absolute atomic E-state index is 11.3. The number of benzene rings is 1. The van der Waals surface area contributed by atoms with E-state index in [-0.39, 0.29) is 10.6 Å². The molecule has 5 nitrogen and oxygen atoms in total. The van der Waals surface area contributed by atoms with Crippen LogP contribution in [0.4, 0.5) is 17.1 Å². The van der Waals surface area contributed by atoms with Crippen LogP contribution in [0.15, 0.2) is 0 Å². The largest absolute Gasteiger partial charge is 0.377 e. The molecule has 1 aromatic rings. The van der Waals surface area contributed by atoms with E-state index in [4.69, 9.17) is 0 Å². The first-order chi connectivity index (χ1) is 8.20. The number of nitrogens with zero attached hydrogens (tertiary/aromatic N) is 3. The molecule has 1 rings (SSSR count). The number of anilines is 2. The molecule has 5 heteroatoms. The molecule has 0 N–H and O–H groups in total. The topological polar surface area (TPSA) is 49.6 Å². The van der Waals surface area contributed by atoms with Gasteiger partial charge in [0.05, 0.1) is 4.92 Å². The Morgan fingerprint density at radius 1 is 0.833 bits per heavy atom. The molecule has 0 saturated carbocycles. The van der Waals surface area contributed by atoms with Crippen LogP contribution in [0.5, 0.6) is 0 Å². The van der Waals surface area contributed by atoms with Crippen molar-refractivity contribution in [2.45, 2.75) is 20.8 Å². The fourth-order valence-electron chi connectivity index (χ4n) is 2.55. The van der Waals surface area contributed by atoms with E-state index in [1.807, 2.05) is 58.8 Å². The van der Waals surface area contributed by atoms with Gasteiger partial charge in [0.15, 0.2) is 0 Å². The van der Waals surface area contributed by atoms with E-state index in [1.54, 1.807) is 0 Å². The minimum absolute atomic E-state index is 0.209. The Balaban J connectivity index is 3.82. The van der Waals surface area contributed by atoms with Crippen molar-refractivity contribution >= 4 is 17.1 Å². The van der Waals surface area contributed by atoms with Gasteiger partial charge < -0.3 is 9.80 Å². The van der Waals surface area contributed by atoms with Gasteiger partial charge in [0.2, 0.25) is 0 Å². The fourth-order valence-corrected chi connectivity index (χ4v) is 2.55. The molecular formula is C13H21N3O2. The molecule has 0 amide bonds. The Morgan fingerprint density at radius 2 is 1.28 bits per heavy atom. The average Bonchev–Trinajstić information content (AvgIpc) is 2.21. The maximum atomic E-state index is 11.3. The van der Waals surface area contributed by atoms with E-state index in [0.29, 0.717) is 5.69 Å². The minimum atomic E-state index is -0.288. The number of rotatable bonds is 3. The van der Waals surface area contributed by atoms with E-state index in [2.05, 4.69) is 0 Å². The molecular weight excluding hydrogens is 230 g/mol. The van der Waals surface area contributed by atoms with Crippen LogP contribution in [0.25, 0.3) is 0 Å². The predicted molar refractivity (Wildman–Crippen MR) is 76.0 cm³/mol. The van der Waals surface area contributed by atoms with Crippen molar-refractivity contribution in [3.8, 4) is 0 Å². The van der Waals surface area contributed by atoms with Gasteiger partial charge >= 0.3 is 0 Å². The second-order valence-electron chi connectivity index (χ2n) is 4.97. The molecule has 0 heterocycles. The van der Waals surface area contributed by atoms with Crippen molar-refractivity contribution in [2.75, 3.05) is 38.0 Å². The third-order valence-corrected chi connectivity index (χ3v) is 3.28. The number of hydrogen-bond donors (Lipinski definition) is 0. The van der Waals surface area contributed by atoms with Gasteiger partial charge in [0.1, 0.15) is 5.69 Å². The van der Waals surface area contributed by atoms with Crippen LogP contribution >= 0.6 is 0 Å². The summed E-state index contributed by atoms with van der Waals surface area (Å²) < 4.78 is 0.